The number of anilines is 1. The molecule has 2 heterocycles. The SMILES string of the molecule is CC(C)(C)c1oc(C(N)=O)cc1CN1C(=O)CCc2ccccc21. The van der Waals surface area contributed by atoms with Crippen molar-refractivity contribution >= 4 is 17.5 Å². The lowest BCUT2D eigenvalue weighted by Crippen LogP contribution is -2.35. The molecule has 0 fully saturated rings. The Balaban J connectivity index is 2.02. The number of hydrogen-bond donors (Lipinski definition) is 1. The number of amides is 2. The summed E-state index contributed by atoms with van der Waals surface area (Å²) in [6, 6.07) is 9.57. The molecule has 2 aromatic rings. The molecule has 0 radical (unpaired) electrons. The van der Waals surface area contributed by atoms with Gasteiger partial charge in [0, 0.05) is 23.1 Å². The van der Waals surface area contributed by atoms with Gasteiger partial charge in [0.25, 0.3) is 5.91 Å². The minimum Gasteiger partial charge on any atom is -0.455 e. The molecule has 0 atom stereocenters. The standard InChI is InChI=1S/C19H22N2O3/c1-19(2,3)17-13(10-15(24-17)18(20)23)11-21-14-7-5-4-6-12(14)8-9-16(21)22/h4-7,10H,8-9,11H2,1-3H3,(H2,20,23). The van der Waals surface area contributed by atoms with Crippen LogP contribution < -0.4 is 10.6 Å². The van der Waals surface area contributed by atoms with Crippen LogP contribution in [0.5, 0.6) is 0 Å². The summed E-state index contributed by atoms with van der Waals surface area (Å²) in [5.41, 5.74) is 7.98. The van der Waals surface area contributed by atoms with Crippen molar-refractivity contribution in [2.45, 2.75) is 45.6 Å². The van der Waals surface area contributed by atoms with E-state index in [1.807, 2.05) is 45.0 Å². The van der Waals surface area contributed by atoms with Crippen LogP contribution in [0.2, 0.25) is 0 Å². The predicted octanol–water partition coefficient (Wildman–Crippen LogP) is 3.16. The van der Waals surface area contributed by atoms with Crippen molar-refractivity contribution in [3.63, 3.8) is 0 Å². The number of carbonyl (C=O) groups is 2. The second-order valence-electron chi connectivity index (χ2n) is 7.19. The van der Waals surface area contributed by atoms with Crippen LogP contribution in [0.15, 0.2) is 34.7 Å². The zero-order valence-electron chi connectivity index (χ0n) is 14.3. The molecule has 126 valence electrons. The van der Waals surface area contributed by atoms with Crippen LogP contribution in [0.4, 0.5) is 5.69 Å². The van der Waals surface area contributed by atoms with Gasteiger partial charge in [-0.3, -0.25) is 9.59 Å². The van der Waals surface area contributed by atoms with Gasteiger partial charge in [0.2, 0.25) is 5.91 Å². The molecule has 5 nitrogen and oxygen atoms in total. The van der Waals surface area contributed by atoms with Crippen LogP contribution in [0.1, 0.15) is 54.6 Å². The number of para-hydroxylation sites is 1. The van der Waals surface area contributed by atoms with Crippen LogP contribution in [0.3, 0.4) is 0 Å². The van der Waals surface area contributed by atoms with E-state index in [0.717, 1.165) is 23.2 Å². The van der Waals surface area contributed by atoms with Crippen molar-refractivity contribution in [3.8, 4) is 0 Å². The van der Waals surface area contributed by atoms with Gasteiger partial charge < -0.3 is 15.1 Å². The van der Waals surface area contributed by atoms with Crippen molar-refractivity contribution in [2.24, 2.45) is 5.73 Å². The van der Waals surface area contributed by atoms with Gasteiger partial charge in [0.1, 0.15) is 5.76 Å². The molecule has 0 saturated carbocycles. The van der Waals surface area contributed by atoms with Crippen molar-refractivity contribution in [1.29, 1.82) is 0 Å². The number of benzene rings is 1. The van der Waals surface area contributed by atoms with Gasteiger partial charge in [-0.25, -0.2) is 0 Å². The largest absolute Gasteiger partial charge is 0.455 e. The van der Waals surface area contributed by atoms with Crippen molar-refractivity contribution < 1.29 is 14.0 Å². The molecule has 5 heteroatoms. The first-order valence-corrected chi connectivity index (χ1v) is 8.08. The summed E-state index contributed by atoms with van der Waals surface area (Å²) in [6.07, 6.45) is 1.25. The number of hydrogen-bond acceptors (Lipinski definition) is 3. The van der Waals surface area contributed by atoms with Gasteiger partial charge in [-0.2, -0.15) is 0 Å². The Morgan fingerprint density at radius 3 is 2.62 bits per heavy atom. The fourth-order valence-corrected chi connectivity index (χ4v) is 3.14. The van der Waals surface area contributed by atoms with E-state index in [1.54, 1.807) is 11.0 Å². The lowest BCUT2D eigenvalue weighted by molar-refractivity contribution is -0.119. The number of nitrogens with two attached hydrogens (primary N) is 1. The molecular formula is C19H22N2O3. The molecule has 3 rings (SSSR count). The highest BCUT2D eigenvalue weighted by Gasteiger charge is 2.29. The Labute approximate surface area is 141 Å². The smallest absolute Gasteiger partial charge is 0.284 e. The Bertz CT molecular complexity index is 799. The van der Waals surface area contributed by atoms with Gasteiger partial charge in [0.15, 0.2) is 5.76 Å². The minimum absolute atomic E-state index is 0.0791. The van der Waals surface area contributed by atoms with Crippen LogP contribution in [0.25, 0.3) is 0 Å². The summed E-state index contributed by atoms with van der Waals surface area (Å²) >= 11 is 0. The summed E-state index contributed by atoms with van der Waals surface area (Å²) in [4.78, 5) is 25.7. The van der Waals surface area contributed by atoms with Crippen LogP contribution in [-0.4, -0.2) is 11.8 Å². The molecule has 0 bridgehead atoms. The molecule has 0 spiro atoms. The molecule has 0 unspecified atom stereocenters. The summed E-state index contributed by atoms with van der Waals surface area (Å²) in [7, 11) is 0. The number of furan rings is 1. The summed E-state index contributed by atoms with van der Waals surface area (Å²) in [5.74, 6) is 0.298. The molecule has 24 heavy (non-hydrogen) atoms. The average Bonchev–Trinajstić information content (AvgIpc) is 2.95. The van der Waals surface area contributed by atoms with Crippen LogP contribution >= 0.6 is 0 Å². The van der Waals surface area contributed by atoms with Crippen molar-refractivity contribution in [2.75, 3.05) is 4.90 Å². The fraction of sp³-hybridized carbons (Fsp3) is 0.368. The topological polar surface area (TPSA) is 76.5 Å². The second-order valence-corrected chi connectivity index (χ2v) is 7.19. The Morgan fingerprint density at radius 1 is 1.25 bits per heavy atom. The van der Waals surface area contributed by atoms with Gasteiger partial charge in [-0.05, 0) is 24.1 Å². The number of carbonyl (C=O) groups excluding carboxylic acids is 2. The first-order chi connectivity index (χ1) is 11.3. The summed E-state index contributed by atoms with van der Waals surface area (Å²) < 4.78 is 5.69. The van der Waals surface area contributed by atoms with E-state index in [4.69, 9.17) is 10.2 Å². The van der Waals surface area contributed by atoms with Crippen molar-refractivity contribution in [1.82, 2.24) is 0 Å². The molecule has 2 N–H and O–H groups in total. The lowest BCUT2D eigenvalue weighted by Gasteiger charge is -2.30. The van der Waals surface area contributed by atoms with Gasteiger partial charge in [-0.15, -0.1) is 0 Å². The zero-order chi connectivity index (χ0) is 17.5. The second kappa shape index (κ2) is 5.82. The van der Waals surface area contributed by atoms with E-state index in [-0.39, 0.29) is 17.1 Å². The fourth-order valence-electron chi connectivity index (χ4n) is 3.14. The van der Waals surface area contributed by atoms with E-state index < -0.39 is 5.91 Å². The van der Waals surface area contributed by atoms with E-state index in [1.165, 1.54) is 0 Å². The third kappa shape index (κ3) is 2.94. The van der Waals surface area contributed by atoms with Gasteiger partial charge in [0.05, 0.1) is 6.54 Å². The zero-order valence-corrected chi connectivity index (χ0v) is 14.3. The number of fused-ring (bicyclic) bond motifs is 1. The molecule has 0 aliphatic carbocycles. The molecule has 0 saturated heterocycles. The molecule has 1 aromatic heterocycles. The highest BCUT2D eigenvalue weighted by molar-refractivity contribution is 5.96. The minimum atomic E-state index is -0.600. The third-order valence-electron chi connectivity index (χ3n) is 4.25. The first-order valence-electron chi connectivity index (χ1n) is 8.08. The van der Waals surface area contributed by atoms with E-state index >= 15 is 0 Å². The molecule has 1 aromatic carbocycles. The summed E-state index contributed by atoms with van der Waals surface area (Å²) in [6.45, 7) is 6.39. The Hall–Kier alpha value is -2.56. The van der Waals surface area contributed by atoms with E-state index in [0.29, 0.717) is 18.7 Å². The predicted molar refractivity (Wildman–Crippen MR) is 91.9 cm³/mol. The Morgan fingerprint density at radius 2 is 1.96 bits per heavy atom. The van der Waals surface area contributed by atoms with Crippen molar-refractivity contribution in [3.05, 3.63) is 53.0 Å². The highest BCUT2D eigenvalue weighted by atomic mass is 16.4. The summed E-state index contributed by atoms with van der Waals surface area (Å²) in [5, 5.41) is 0. The first kappa shape index (κ1) is 16.3. The van der Waals surface area contributed by atoms with Gasteiger partial charge >= 0.3 is 0 Å². The lowest BCUT2D eigenvalue weighted by atomic mass is 9.90. The van der Waals surface area contributed by atoms with Crippen LogP contribution in [0, 0.1) is 0 Å². The highest BCUT2D eigenvalue weighted by Crippen LogP contribution is 2.33. The monoisotopic (exact) mass is 326 g/mol. The van der Waals surface area contributed by atoms with E-state index in [9.17, 15) is 9.59 Å². The normalized spacial score (nSPS) is 14.6. The third-order valence-corrected chi connectivity index (χ3v) is 4.25. The van der Waals surface area contributed by atoms with Crippen LogP contribution in [-0.2, 0) is 23.2 Å². The number of nitrogens with zero attached hydrogens (tertiary/aromatic N) is 1. The van der Waals surface area contributed by atoms with Gasteiger partial charge in [-0.1, -0.05) is 39.0 Å². The Kier molecular flexibility index (Phi) is 3.95. The maximum atomic E-state index is 12.5. The average molecular weight is 326 g/mol. The maximum absolute atomic E-state index is 12.5. The number of rotatable bonds is 3. The number of aryl methyl sites for hydroxylation is 1. The molecule has 2 amide bonds. The quantitative estimate of drug-likeness (QED) is 0.941. The molecule has 1 aliphatic rings. The molecule has 1 aliphatic heterocycles. The van der Waals surface area contributed by atoms with E-state index in [2.05, 4.69) is 0 Å². The molecular weight excluding hydrogens is 304 g/mol. The number of primary amides is 1. The maximum Gasteiger partial charge on any atom is 0.284 e.